The van der Waals surface area contributed by atoms with Crippen LogP contribution in [0.15, 0.2) is 12.3 Å². The third-order valence-corrected chi connectivity index (χ3v) is 1.80. The molecule has 13 heavy (non-hydrogen) atoms. The van der Waals surface area contributed by atoms with Crippen LogP contribution in [0.5, 0.6) is 5.88 Å². The predicted molar refractivity (Wildman–Crippen MR) is 56.0 cm³/mol. The lowest BCUT2D eigenvalue weighted by atomic mass is 10.1. The molecule has 1 aromatic rings. The van der Waals surface area contributed by atoms with E-state index in [-0.39, 0.29) is 0 Å². The molecule has 0 bridgehead atoms. The van der Waals surface area contributed by atoms with Crippen molar-refractivity contribution in [3.8, 4) is 5.88 Å². The van der Waals surface area contributed by atoms with E-state index in [0.29, 0.717) is 17.3 Å². The average Bonchev–Trinajstić information content (AvgIpc) is 2.03. The van der Waals surface area contributed by atoms with Crippen LogP contribution >= 0.6 is 12.2 Å². The van der Waals surface area contributed by atoms with Crippen molar-refractivity contribution in [2.75, 3.05) is 7.11 Å². The number of thiocarbonyl (C=S) groups is 1. The zero-order valence-electron chi connectivity index (χ0n) is 7.70. The van der Waals surface area contributed by atoms with Crippen LogP contribution in [0.3, 0.4) is 0 Å². The van der Waals surface area contributed by atoms with Crippen LogP contribution in [-0.2, 0) is 6.42 Å². The molecular weight excluding hydrogens is 184 g/mol. The number of ether oxygens (including phenoxy) is 1. The standard InChI is InChI=1S/C9H12N2OS/c1-6-3-7(4-8(10)13)5-11-9(6)12-2/h3,5H,4H2,1-2H3,(H2,10,13). The normalized spacial score (nSPS) is 9.69. The van der Waals surface area contributed by atoms with E-state index in [4.69, 9.17) is 22.7 Å². The molecule has 0 aliphatic rings. The number of hydrogen-bond donors (Lipinski definition) is 1. The lowest BCUT2D eigenvalue weighted by Crippen LogP contribution is -2.11. The Morgan fingerprint density at radius 1 is 1.69 bits per heavy atom. The van der Waals surface area contributed by atoms with Crippen LogP contribution in [0, 0.1) is 6.92 Å². The van der Waals surface area contributed by atoms with Crippen LogP contribution in [0.1, 0.15) is 11.1 Å². The zero-order valence-corrected chi connectivity index (χ0v) is 8.52. The van der Waals surface area contributed by atoms with Crippen molar-refractivity contribution in [3.05, 3.63) is 23.4 Å². The Kier molecular flexibility index (Phi) is 3.19. The molecule has 0 aliphatic heterocycles. The molecule has 2 N–H and O–H groups in total. The van der Waals surface area contributed by atoms with Crippen LogP contribution in [0.4, 0.5) is 0 Å². The monoisotopic (exact) mass is 196 g/mol. The van der Waals surface area contributed by atoms with E-state index in [2.05, 4.69) is 4.98 Å². The smallest absolute Gasteiger partial charge is 0.215 e. The van der Waals surface area contributed by atoms with Gasteiger partial charge >= 0.3 is 0 Å². The van der Waals surface area contributed by atoms with Crippen molar-refractivity contribution in [2.24, 2.45) is 5.73 Å². The first-order valence-corrected chi connectivity index (χ1v) is 4.32. The van der Waals surface area contributed by atoms with E-state index in [1.54, 1.807) is 13.3 Å². The number of nitrogens with two attached hydrogens (primary N) is 1. The maximum atomic E-state index is 5.42. The summed E-state index contributed by atoms with van der Waals surface area (Å²) in [4.78, 5) is 4.59. The molecule has 0 fully saturated rings. The molecule has 0 radical (unpaired) electrons. The van der Waals surface area contributed by atoms with Gasteiger partial charge < -0.3 is 10.5 Å². The molecule has 0 atom stereocenters. The molecule has 0 aliphatic carbocycles. The number of pyridine rings is 1. The summed E-state index contributed by atoms with van der Waals surface area (Å²) in [6.07, 6.45) is 2.32. The van der Waals surface area contributed by atoms with Gasteiger partial charge in [-0.15, -0.1) is 0 Å². The molecule has 0 aromatic carbocycles. The molecule has 0 spiro atoms. The van der Waals surface area contributed by atoms with Gasteiger partial charge in [0.15, 0.2) is 0 Å². The maximum absolute atomic E-state index is 5.42. The van der Waals surface area contributed by atoms with Gasteiger partial charge in [-0.3, -0.25) is 0 Å². The summed E-state index contributed by atoms with van der Waals surface area (Å²) in [5, 5.41) is 0. The highest BCUT2D eigenvalue weighted by atomic mass is 32.1. The van der Waals surface area contributed by atoms with Crippen LogP contribution in [0.2, 0.25) is 0 Å². The van der Waals surface area contributed by atoms with Crippen LogP contribution < -0.4 is 10.5 Å². The van der Waals surface area contributed by atoms with E-state index < -0.39 is 0 Å². The molecule has 70 valence electrons. The van der Waals surface area contributed by atoms with Gasteiger partial charge in [-0.2, -0.15) is 0 Å². The Labute approximate surface area is 82.9 Å². The van der Waals surface area contributed by atoms with E-state index in [9.17, 15) is 0 Å². The molecular formula is C9H12N2OS. The number of aryl methyl sites for hydroxylation is 1. The van der Waals surface area contributed by atoms with Gasteiger partial charge in [0.1, 0.15) is 0 Å². The quantitative estimate of drug-likeness (QED) is 0.739. The van der Waals surface area contributed by atoms with Gasteiger partial charge in [0.05, 0.1) is 12.1 Å². The number of aromatic nitrogens is 1. The zero-order chi connectivity index (χ0) is 9.84. The largest absolute Gasteiger partial charge is 0.481 e. The Morgan fingerprint density at radius 3 is 2.85 bits per heavy atom. The van der Waals surface area contributed by atoms with Gasteiger partial charge in [-0.1, -0.05) is 12.2 Å². The van der Waals surface area contributed by atoms with E-state index in [0.717, 1.165) is 11.1 Å². The second-order valence-electron chi connectivity index (χ2n) is 2.81. The Morgan fingerprint density at radius 2 is 2.38 bits per heavy atom. The van der Waals surface area contributed by atoms with Crippen molar-refractivity contribution in [2.45, 2.75) is 13.3 Å². The summed E-state index contributed by atoms with van der Waals surface area (Å²) in [6.45, 7) is 1.94. The first-order chi connectivity index (χ1) is 6.13. The Bertz CT molecular complexity index is 325. The minimum atomic E-state index is 0.478. The molecule has 4 heteroatoms. The average molecular weight is 196 g/mol. The van der Waals surface area contributed by atoms with Crippen molar-refractivity contribution >= 4 is 17.2 Å². The molecule has 0 saturated carbocycles. The second kappa shape index (κ2) is 4.18. The van der Waals surface area contributed by atoms with E-state index in [1.165, 1.54) is 0 Å². The molecule has 0 unspecified atom stereocenters. The summed E-state index contributed by atoms with van der Waals surface area (Å²) >= 11 is 4.80. The molecule has 1 heterocycles. The maximum Gasteiger partial charge on any atom is 0.215 e. The van der Waals surface area contributed by atoms with Gasteiger partial charge in [-0.05, 0) is 18.6 Å². The Balaban J connectivity index is 2.89. The highest BCUT2D eigenvalue weighted by molar-refractivity contribution is 7.80. The topological polar surface area (TPSA) is 48.1 Å². The van der Waals surface area contributed by atoms with Gasteiger partial charge in [0.2, 0.25) is 5.88 Å². The molecule has 1 aromatic heterocycles. The number of hydrogen-bond acceptors (Lipinski definition) is 3. The van der Waals surface area contributed by atoms with E-state index >= 15 is 0 Å². The number of rotatable bonds is 3. The molecule has 3 nitrogen and oxygen atoms in total. The summed E-state index contributed by atoms with van der Waals surface area (Å²) in [7, 11) is 1.60. The van der Waals surface area contributed by atoms with E-state index in [1.807, 2.05) is 13.0 Å². The second-order valence-corrected chi connectivity index (χ2v) is 3.34. The molecule has 1 rings (SSSR count). The van der Waals surface area contributed by atoms with Crippen molar-refractivity contribution < 1.29 is 4.74 Å². The van der Waals surface area contributed by atoms with Crippen LogP contribution in [-0.4, -0.2) is 17.1 Å². The van der Waals surface area contributed by atoms with Crippen LogP contribution in [0.25, 0.3) is 0 Å². The fraction of sp³-hybridized carbons (Fsp3) is 0.333. The number of nitrogens with zero attached hydrogens (tertiary/aromatic N) is 1. The molecule has 0 amide bonds. The van der Waals surface area contributed by atoms with Crippen molar-refractivity contribution in [1.29, 1.82) is 0 Å². The highest BCUT2D eigenvalue weighted by Gasteiger charge is 2.01. The predicted octanol–water partition coefficient (Wildman–Crippen LogP) is 1.23. The summed E-state index contributed by atoms with van der Waals surface area (Å²) in [5.74, 6) is 0.645. The van der Waals surface area contributed by atoms with Crippen molar-refractivity contribution in [1.82, 2.24) is 4.98 Å². The summed E-state index contributed by atoms with van der Waals surface area (Å²) < 4.78 is 5.03. The summed E-state index contributed by atoms with van der Waals surface area (Å²) in [6, 6.07) is 1.98. The number of methoxy groups -OCH3 is 1. The third kappa shape index (κ3) is 2.66. The van der Waals surface area contributed by atoms with Gasteiger partial charge in [0, 0.05) is 18.2 Å². The minimum Gasteiger partial charge on any atom is -0.481 e. The van der Waals surface area contributed by atoms with Gasteiger partial charge in [0.25, 0.3) is 0 Å². The SMILES string of the molecule is COc1ncc(CC(N)=S)cc1C. The third-order valence-electron chi connectivity index (χ3n) is 1.66. The fourth-order valence-corrected chi connectivity index (χ4v) is 1.30. The first kappa shape index (κ1) is 9.92. The Hall–Kier alpha value is -1.16. The lowest BCUT2D eigenvalue weighted by molar-refractivity contribution is 0.394. The fourth-order valence-electron chi connectivity index (χ4n) is 1.13. The molecule has 0 saturated heterocycles. The highest BCUT2D eigenvalue weighted by Crippen LogP contribution is 2.14. The minimum absolute atomic E-state index is 0.478. The van der Waals surface area contributed by atoms with Crippen molar-refractivity contribution in [3.63, 3.8) is 0 Å². The first-order valence-electron chi connectivity index (χ1n) is 3.91. The summed E-state index contributed by atoms with van der Waals surface area (Å²) in [5.41, 5.74) is 7.43. The van der Waals surface area contributed by atoms with Gasteiger partial charge in [-0.25, -0.2) is 4.98 Å². The lowest BCUT2D eigenvalue weighted by Gasteiger charge is -2.05.